The van der Waals surface area contributed by atoms with Crippen molar-refractivity contribution in [3.63, 3.8) is 0 Å². The van der Waals surface area contributed by atoms with Gasteiger partial charge in [0, 0.05) is 43.9 Å². The maximum absolute atomic E-state index is 15.0. The molecule has 0 unspecified atom stereocenters. The number of rotatable bonds is 24. The first-order valence-electron chi connectivity index (χ1n) is 21.9. The normalized spacial score (nSPS) is 17.8. The van der Waals surface area contributed by atoms with Crippen molar-refractivity contribution in [1.82, 2.24) is 25.4 Å². The number of likely N-dealkylation sites (tertiary alicyclic amines) is 1. The van der Waals surface area contributed by atoms with Crippen LogP contribution in [-0.2, 0) is 35.1 Å². The highest BCUT2D eigenvalue weighted by molar-refractivity contribution is 7.09. The molecule has 7 N–H and O–H groups in total. The number of hydrogen-bond donors (Lipinski definition) is 5. The standard InChI is InChI=1S/C45H70FN7O8S/c1-10-12-13-14-19-52(41(57)38(28(5)11-2)51-42(58)45(9)18-15-20-53(45)37(55)25-47)35(27(3)4)23-36(61-29(6)54)40-50-34(26-62-40)39(56)49-31(24-44(7,8)43(59)60)21-30-16-17-33(48)32(46)22-30/h16-17,22,26-28,31,35-36,38H,10-15,18-21,23-25,47-48H2,1-9H3,(H,49,56)(H,51,58)(H,59,60)/t28-,31-,35+,36+,38-,45+/m0/s1. The molecule has 1 aliphatic heterocycles. The van der Waals surface area contributed by atoms with Crippen molar-refractivity contribution < 1.29 is 43.0 Å². The molecular weight excluding hydrogens is 818 g/mol. The number of carboxylic acid groups (broad SMARTS) is 1. The van der Waals surface area contributed by atoms with Gasteiger partial charge >= 0.3 is 11.9 Å². The number of carboxylic acids is 1. The minimum Gasteiger partial charge on any atom is -0.481 e. The minimum atomic E-state index is -1.24. The molecule has 62 heavy (non-hydrogen) atoms. The highest BCUT2D eigenvalue weighted by atomic mass is 32.1. The molecule has 1 saturated heterocycles. The molecule has 0 saturated carbocycles. The van der Waals surface area contributed by atoms with Gasteiger partial charge in [-0.15, -0.1) is 11.3 Å². The van der Waals surface area contributed by atoms with Gasteiger partial charge in [0.1, 0.15) is 28.1 Å². The summed E-state index contributed by atoms with van der Waals surface area (Å²) in [4.78, 5) is 88.4. The maximum Gasteiger partial charge on any atom is 0.309 e. The van der Waals surface area contributed by atoms with Crippen LogP contribution in [0.5, 0.6) is 0 Å². The van der Waals surface area contributed by atoms with Crippen LogP contribution in [0.4, 0.5) is 10.1 Å². The Bertz CT molecular complexity index is 1870. The number of nitrogens with two attached hydrogens (primary N) is 2. The van der Waals surface area contributed by atoms with Gasteiger partial charge in [0.2, 0.25) is 17.7 Å². The summed E-state index contributed by atoms with van der Waals surface area (Å²) in [5, 5.41) is 17.7. The first-order valence-corrected chi connectivity index (χ1v) is 22.8. The van der Waals surface area contributed by atoms with Crippen molar-refractivity contribution in [2.24, 2.45) is 23.0 Å². The number of nitrogen functional groups attached to an aromatic ring is 1. The number of carbonyl (C=O) groups excluding carboxylic acids is 5. The summed E-state index contributed by atoms with van der Waals surface area (Å²) < 4.78 is 20.3. The first-order chi connectivity index (χ1) is 29.1. The largest absolute Gasteiger partial charge is 0.481 e. The van der Waals surface area contributed by atoms with E-state index in [1.165, 1.54) is 29.3 Å². The molecule has 17 heteroatoms. The number of hydrogen-bond acceptors (Lipinski definition) is 11. The van der Waals surface area contributed by atoms with Gasteiger partial charge in [0.25, 0.3) is 5.91 Å². The minimum absolute atomic E-state index is 0.0134. The zero-order valence-corrected chi connectivity index (χ0v) is 38.9. The highest BCUT2D eigenvalue weighted by Crippen LogP contribution is 2.34. The van der Waals surface area contributed by atoms with E-state index in [-0.39, 0.29) is 60.8 Å². The molecule has 15 nitrogen and oxygen atoms in total. The van der Waals surface area contributed by atoms with Crippen LogP contribution in [0.3, 0.4) is 0 Å². The Morgan fingerprint density at radius 2 is 1.79 bits per heavy atom. The van der Waals surface area contributed by atoms with E-state index in [9.17, 15) is 38.3 Å². The van der Waals surface area contributed by atoms with Gasteiger partial charge in [-0.3, -0.25) is 28.8 Å². The van der Waals surface area contributed by atoms with Crippen LogP contribution in [-0.4, -0.2) is 98.8 Å². The van der Waals surface area contributed by atoms with Gasteiger partial charge in [-0.1, -0.05) is 66.4 Å². The van der Waals surface area contributed by atoms with Gasteiger partial charge in [0.05, 0.1) is 17.6 Å². The number of aliphatic carboxylic acids is 1. The van der Waals surface area contributed by atoms with Crippen LogP contribution >= 0.6 is 11.3 Å². The van der Waals surface area contributed by atoms with Gasteiger partial charge in [-0.2, -0.15) is 0 Å². The molecule has 4 amide bonds. The Morgan fingerprint density at radius 1 is 1.10 bits per heavy atom. The molecule has 1 fully saturated rings. The van der Waals surface area contributed by atoms with Crippen LogP contribution in [0.2, 0.25) is 0 Å². The monoisotopic (exact) mass is 887 g/mol. The molecule has 0 aliphatic carbocycles. The summed E-state index contributed by atoms with van der Waals surface area (Å²) in [5.41, 5.74) is 9.45. The second-order valence-electron chi connectivity index (χ2n) is 17.9. The zero-order chi connectivity index (χ0) is 46.5. The number of carbonyl (C=O) groups is 6. The molecule has 6 atom stereocenters. The van der Waals surface area contributed by atoms with Crippen LogP contribution in [0.25, 0.3) is 0 Å². The van der Waals surface area contributed by atoms with E-state index in [4.69, 9.17) is 16.2 Å². The average molecular weight is 888 g/mol. The summed E-state index contributed by atoms with van der Waals surface area (Å²) in [6, 6.07) is 2.13. The number of anilines is 1. The van der Waals surface area contributed by atoms with E-state index in [1.54, 1.807) is 31.7 Å². The molecule has 0 radical (unpaired) electrons. The third-order valence-electron chi connectivity index (χ3n) is 12.1. The number of aromatic nitrogens is 1. The Kier molecular flexibility index (Phi) is 19.3. The highest BCUT2D eigenvalue weighted by Gasteiger charge is 2.47. The van der Waals surface area contributed by atoms with Crippen molar-refractivity contribution >= 4 is 52.6 Å². The number of amides is 4. The van der Waals surface area contributed by atoms with E-state index < -0.39 is 64.8 Å². The van der Waals surface area contributed by atoms with Gasteiger partial charge < -0.3 is 41.7 Å². The predicted octanol–water partition coefficient (Wildman–Crippen LogP) is 6.00. The number of ether oxygens (including phenoxy) is 1. The zero-order valence-electron chi connectivity index (χ0n) is 38.1. The second-order valence-corrected chi connectivity index (χ2v) is 18.8. The fourth-order valence-electron chi connectivity index (χ4n) is 8.05. The molecule has 0 spiro atoms. The van der Waals surface area contributed by atoms with Crippen LogP contribution in [0.1, 0.15) is 147 Å². The van der Waals surface area contributed by atoms with Crippen molar-refractivity contribution in [2.45, 2.75) is 156 Å². The summed E-state index contributed by atoms with van der Waals surface area (Å²) in [7, 11) is 0. The summed E-state index contributed by atoms with van der Waals surface area (Å²) in [6.07, 6.45) is 4.48. The SMILES string of the molecule is CCCCCCN(C(=O)[C@@H](NC(=O)[C@@]1(C)CCCN1C(=O)CN)[C@@H](C)CC)[C@H](C[C@@H](OC(C)=O)c1nc(C(=O)N[C@@H](Cc2ccc(N)c(F)c2)CC(C)(C)C(=O)O)cs1)C(C)C. The van der Waals surface area contributed by atoms with Crippen molar-refractivity contribution in [2.75, 3.05) is 25.4 Å². The van der Waals surface area contributed by atoms with Crippen molar-refractivity contribution in [1.29, 1.82) is 0 Å². The fourth-order valence-corrected chi connectivity index (χ4v) is 8.89. The number of halogens is 1. The number of benzene rings is 1. The van der Waals surface area contributed by atoms with E-state index in [0.717, 1.165) is 30.6 Å². The van der Waals surface area contributed by atoms with E-state index >= 15 is 0 Å². The van der Waals surface area contributed by atoms with E-state index in [2.05, 4.69) is 22.5 Å². The van der Waals surface area contributed by atoms with E-state index in [1.807, 2.05) is 27.7 Å². The second kappa shape index (κ2) is 23.2. The van der Waals surface area contributed by atoms with Crippen LogP contribution in [0, 0.1) is 23.1 Å². The molecule has 2 heterocycles. The van der Waals surface area contributed by atoms with Crippen molar-refractivity contribution in [3.05, 3.63) is 45.7 Å². The molecule has 3 rings (SSSR count). The first kappa shape index (κ1) is 51.7. The third-order valence-corrected chi connectivity index (χ3v) is 13.0. The number of thiazole rings is 1. The summed E-state index contributed by atoms with van der Waals surface area (Å²) >= 11 is 1.11. The molecule has 1 aromatic heterocycles. The molecular formula is C45H70FN7O8S. The van der Waals surface area contributed by atoms with E-state index in [0.29, 0.717) is 49.3 Å². The van der Waals surface area contributed by atoms with Crippen LogP contribution in [0.15, 0.2) is 23.6 Å². The lowest BCUT2D eigenvalue weighted by atomic mass is 9.84. The third kappa shape index (κ3) is 13.7. The molecule has 2 aromatic rings. The van der Waals surface area contributed by atoms with Gasteiger partial charge in [-0.25, -0.2) is 9.37 Å². The average Bonchev–Trinajstić information content (AvgIpc) is 3.87. The Morgan fingerprint density at radius 3 is 2.37 bits per heavy atom. The number of nitrogens with one attached hydrogen (secondary N) is 2. The lowest BCUT2D eigenvalue weighted by Gasteiger charge is -2.41. The lowest BCUT2D eigenvalue weighted by molar-refractivity contribution is -0.150. The molecule has 346 valence electrons. The topological polar surface area (TPSA) is 227 Å². The number of esters is 1. The smallest absolute Gasteiger partial charge is 0.309 e. The van der Waals surface area contributed by atoms with Crippen molar-refractivity contribution in [3.8, 4) is 0 Å². The fraction of sp³-hybridized carbons (Fsp3) is 0.667. The predicted molar refractivity (Wildman–Crippen MR) is 237 cm³/mol. The molecule has 1 aromatic carbocycles. The maximum atomic E-state index is 15.0. The summed E-state index contributed by atoms with van der Waals surface area (Å²) in [5.74, 6) is -4.32. The lowest BCUT2D eigenvalue weighted by Crippen LogP contribution is -2.62. The Labute approximate surface area is 370 Å². The van der Waals surface area contributed by atoms with Gasteiger partial charge in [0.15, 0.2) is 6.10 Å². The number of unbranched alkanes of at least 4 members (excludes halogenated alkanes) is 3. The molecule has 1 aliphatic rings. The number of nitrogens with zero attached hydrogens (tertiary/aromatic N) is 3. The molecule has 0 bridgehead atoms. The Hall–Kier alpha value is -4.64. The van der Waals surface area contributed by atoms with Crippen LogP contribution < -0.4 is 22.1 Å². The Balaban J connectivity index is 1.98. The summed E-state index contributed by atoms with van der Waals surface area (Å²) in [6.45, 7) is 16.5. The van der Waals surface area contributed by atoms with Gasteiger partial charge in [-0.05, 0) is 82.4 Å². The quantitative estimate of drug-likeness (QED) is 0.0466.